The number of nitrogens with zero attached hydrogens (tertiary/aromatic N) is 1. The minimum absolute atomic E-state index is 0.191. The number of nitrogens with two attached hydrogens (primary N) is 1. The molecule has 1 saturated heterocycles. The molecule has 0 saturated carbocycles. The number of hydrogen-bond acceptors (Lipinski definition) is 5. The maximum Gasteiger partial charge on any atom is 0.152 e. The van der Waals surface area contributed by atoms with E-state index in [1.165, 1.54) is 0 Å². The summed E-state index contributed by atoms with van der Waals surface area (Å²) in [7, 11) is -1.28. The van der Waals surface area contributed by atoms with Crippen LogP contribution in [0.5, 0.6) is 0 Å². The molecular formula is C13H28N2O3S. The zero-order valence-corrected chi connectivity index (χ0v) is 13.2. The van der Waals surface area contributed by atoms with E-state index in [0.717, 1.165) is 19.4 Å². The summed E-state index contributed by atoms with van der Waals surface area (Å²) in [6.07, 6.45) is 2.65. The van der Waals surface area contributed by atoms with Crippen LogP contribution in [0.3, 0.4) is 0 Å². The maximum absolute atomic E-state index is 11.9. The molecule has 6 heteroatoms. The number of hydrogen-bond donors (Lipinski definition) is 1. The second kappa shape index (κ2) is 7.02. The van der Waals surface area contributed by atoms with Crippen molar-refractivity contribution in [3.8, 4) is 0 Å². The van der Waals surface area contributed by atoms with Gasteiger partial charge < -0.3 is 10.5 Å². The predicted molar refractivity (Wildman–Crippen MR) is 78.0 cm³/mol. The quantitative estimate of drug-likeness (QED) is 0.711. The smallest absolute Gasteiger partial charge is 0.152 e. The van der Waals surface area contributed by atoms with Gasteiger partial charge in [0.25, 0.3) is 0 Å². The van der Waals surface area contributed by atoms with Crippen LogP contribution < -0.4 is 5.73 Å². The van der Waals surface area contributed by atoms with Gasteiger partial charge in [-0.3, -0.25) is 4.90 Å². The molecule has 5 nitrogen and oxygen atoms in total. The Morgan fingerprint density at radius 3 is 2.37 bits per heavy atom. The van der Waals surface area contributed by atoms with Crippen molar-refractivity contribution in [2.45, 2.75) is 44.7 Å². The molecule has 0 aromatic carbocycles. The van der Waals surface area contributed by atoms with Crippen LogP contribution in [-0.4, -0.2) is 63.2 Å². The summed E-state index contributed by atoms with van der Waals surface area (Å²) in [6.45, 7) is 6.03. The van der Waals surface area contributed by atoms with Gasteiger partial charge in [0.05, 0.1) is 18.1 Å². The van der Waals surface area contributed by atoms with E-state index in [9.17, 15) is 8.42 Å². The van der Waals surface area contributed by atoms with Crippen molar-refractivity contribution < 1.29 is 13.2 Å². The topological polar surface area (TPSA) is 72.6 Å². The van der Waals surface area contributed by atoms with Crippen LogP contribution in [0.25, 0.3) is 0 Å². The van der Waals surface area contributed by atoms with Gasteiger partial charge in [-0.05, 0) is 19.3 Å². The van der Waals surface area contributed by atoms with Crippen molar-refractivity contribution in [3.63, 3.8) is 0 Å². The molecule has 0 spiro atoms. The van der Waals surface area contributed by atoms with Crippen molar-refractivity contribution in [2.24, 2.45) is 5.73 Å². The molecule has 1 atom stereocenters. The minimum atomic E-state index is -2.95. The van der Waals surface area contributed by atoms with Crippen LogP contribution in [0.1, 0.15) is 33.1 Å². The molecule has 0 aromatic rings. The Bertz CT molecular complexity index is 368. The van der Waals surface area contributed by atoms with Crippen LogP contribution >= 0.6 is 0 Å². The summed E-state index contributed by atoms with van der Waals surface area (Å²) in [5.41, 5.74) is 5.57. The molecule has 1 unspecified atom stereocenters. The van der Waals surface area contributed by atoms with E-state index in [1.807, 2.05) is 0 Å². The van der Waals surface area contributed by atoms with E-state index in [0.29, 0.717) is 25.6 Å². The summed E-state index contributed by atoms with van der Waals surface area (Å²) in [5.74, 6) is 0.449. The summed E-state index contributed by atoms with van der Waals surface area (Å²) >= 11 is 0. The number of rotatable bonds is 8. The van der Waals surface area contributed by atoms with Crippen LogP contribution in [0.4, 0.5) is 0 Å². The first-order valence-corrected chi connectivity index (χ1v) is 8.93. The van der Waals surface area contributed by atoms with Crippen molar-refractivity contribution >= 4 is 9.84 Å². The van der Waals surface area contributed by atoms with Crippen molar-refractivity contribution in [1.29, 1.82) is 0 Å². The lowest BCUT2D eigenvalue weighted by Gasteiger charge is -2.44. The first-order valence-electron chi connectivity index (χ1n) is 7.11. The van der Waals surface area contributed by atoms with E-state index in [-0.39, 0.29) is 11.5 Å². The third-order valence-corrected chi connectivity index (χ3v) is 6.08. The highest BCUT2D eigenvalue weighted by Gasteiger charge is 2.46. The fourth-order valence-corrected chi connectivity index (χ4v) is 5.21. The second-order valence-electron chi connectivity index (χ2n) is 5.43. The molecule has 0 aliphatic carbocycles. The molecule has 19 heavy (non-hydrogen) atoms. The number of methoxy groups -OCH3 is 1. The molecule has 1 rings (SSSR count). The highest BCUT2D eigenvalue weighted by molar-refractivity contribution is 7.91. The normalized spacial score (nSPS) is 26.4. The Kier molecular flexibility index (Phi) is 6.23. The average Bonchev–Trinajstić information content (AvgIpc) is 2.71. The van der Waals surface area contributed by atoms with Crippen molar-refractivity contribution in [3.05, 3.63) is 0 Å². The molecule has 1 fully saturated rings. The molecule has 0 aromatic heterocycles. The van der Waals surface area contributed by atoms with Gasteiger partial charge in [-0.25, -0.2) is 8.42 Å². The summed E-state index contributed by atoms with van der Waals surface area (Å²) < 4.78 is 28.9. The zero-order chi connectivity index (χ0) is 14.5. The van der Waals surface area contributed by atoms with Crippen LogP contribution in [-0.2, 0) is 14.6 Å². The summed E-state index contributed by atoms with van der Waals surface area (Å²) in [6, 6.07) is 0.368. The minimum Gasteiger partial charge on any atom is -0.383 e. The van der Waals surface area contributed by atoms with Gasteiger partial charge in [0.2, 0.25) is 0 Å². The van der Waals surface area contributed by atoms with Crippen LogP contribution in [0, 0.1) is 0 Å². The van der Waals surface area contributed by atoms with Gasteiger partial charge in [-0.1, -0.05) is 13.8 Å². The Morgan fingerprint density at radius 1 is 1.37 bits per heavy atom. The van der Waals surface area contributed by atoms with Crippen LogP contribution in [0.2, 0.25) is 0 Å². The van der Waals surface area contributed by atoms with Gasteiger partial charge in [-0.2, -0.15) is 0 Å². The molecule has 0 amide bonds. The molecule has 1 aliphatic heterocycles. The zero-order valence-electron chi connectivity index (χ0n) is 12.4. The molecule has 0 bridgehead atoms. The molecule has 1 heterocycles. The van der Waals surface area contributed by atoms with Crippen molar-refractivity contribution in [2.75, 3.05) is 38.3 Å². The molecular weight excluding hydrogens is 264 g/mol. The van der Waals surface area contributed by atoms with Gasteiger partial charge >= 0.3 is 0 Å². The van der Waals surface area contributed by atoms with E-state index < -0.39 is 15.4 Å². The van der Waals surface area contributed by atoms with Crippen LogP contribution in [0.15, 0.2) is 0 Å². The number of sulfone groups is 1. The van der Waals surface area contributed by atoms with Gasteiger partial charge in [0.15, 0.2) is 9.84 Å². The first-order chi connectivity index (χ1) is 8.94. The predicted octanol–water partition coefficient (Wildman–Crippen LogP) is 0.639. The van der Waals surface area contributed by atoms with Gasteiger partial charge in [-0.15, -0.1) is 0 Å². The lowest BCUT2D eigenvalue weighted by atomic mass is 9.92. The Labute approximate surface area is 117 Å². The molecule has 114 valence electrons. The van der Waals surface area contributed by atoms with E-state index >= 15 is 0 Å². The lowest BCUT2D eigenvalue weighted by Crippen LogP contribution is -2.59. The average molecular weight is 292 g/mol. The highest BCUT2D eigenvalue weighted by atomic mass is 32.2. The fourth-order valence-electron chi connectivity index (χ4n) is 3.13. The van der Waals surface area contributed by atoms with Gasteiger partial charge in [0.1, 0.15) is 0 Å². The monoisotopic (exact) mass is 292 g/mol. The third-order valence-electron chi connectivity index (χ3n) is 4.28. The van der Waals surface area contributed by atoms with E-state index in [2.05, 4.69) is 18.7 Å². The maximum atomic E-state index is 11.9. The van der Waals surface area contributed by atoms with Gasteiger partial charge in [0, 0.05) is 31.8 Å². The Morgan fingerprint density at radius 2 is 2.00 bits per heavy atom. The first kappa shape index (κ1) is 16.9. The molecule has 2 N–H and O–H groups in total. The SMILES string of the molecule is CCC(CC)N(CCOC)C1(CN)CCS(=O)(=O)C1. The fraction of sp³-hybridized carbons (Fsp3) is 1.00. The molecule has 1 aliphatic rings. The lowest BCUT2D eigenvalue weighted by molar-refractivity contribution is 0.0336. The highest BCUT2D eigenvalue weighted by Crippen LogP contribution is 2.32. The standard InChI is InChI=1S/C13H28N2O3S/c1-4-12(5-2)15(7-8-18-3)13(10-14)6-9-19(16,17)11-13/h12H,4-11,14H2,1-3H3. The third kappa shape index (κ3) is 3.90. The number of ether oxygens (including phenoxy) is 1. The summed E-state index contributed by atoms with van der Waals surface area (Å²) in [5, 5.41) is 0. The Hall–Kier alpha value is -0.170. The van der Waals surface area contributed by atoms with E-state index in [4.69, 9.17) is 10.5 Å². The Balaban J connectivity index is 2.99. The largest absolute Gasteiger partial charge is 0.383 e. The second-order valence-corrected chi connectivity index (χ2v) is 7.61. The molecule has 0 radical (unpaired) electrons. The van der Waals surface area contributed by atoms with E-state index in [1.54, 1.807) is 7.11 Å². The summed E-state index contributed by atoms with van der Waals surface area (Å²) in [4.78, 5) is 2.29. The van der Waals surface area contributed by atoms with Crippen molar-refractivity contribution in [1.82, 2.24) is 4.90 Å².